The summed E-state index contributed by atoms with van der Waals surface area (Å²) in [5, 5.41) is 6.40. The van der Waals surface area contributed by atoms with Gasteiger partial charge in [-0.25, -0.2) is 4.98 Å². The van der Waals surface area contributed by atoms with Gasteiger partial charge >= 0.3 is 0 Å². The number of benzene rings is 4. The van der Waals surface area contributed by atoms with Gasteiger partial charge in [-0.1, -0.05) is 53.6 Å². The highest BCUT2D eigenvalue weighted by Crippen LogP contribution is 2.43. The number of rotatable bonds is 8. The van der Waals surface area contributed by atoms with Crippen molar-refractivity contribution in [1.29, 1.82) is 0 Å². The molecule has 0 amide bonds. The first-order chi connectivity index (χ1) is 20.8. The van der Waals surface area contributed by atoms with Crippen LogP contribution in [0.2, 0.25) is 5.02 Å². The van der Waals surface area contributed by atoms with Gasteiger partial charge in [0.1, 0.15) is 12.2 Å². The van der Waals surface area contributed by atoms with Gasteiger partial charge in [0, 0.05) is 20.4 Å². The molecule has 0 aliphatic rings. The van der Waals surface area contributed by atoms with E-state index in [1.807, 2.05) is 50.2 Å². The Morgan fingerprint density at radius 2 is 1.79 bits per heavy atom. The zero-order valence-electron chi connectivity index (χ0n) is 23.1. The fourth-order valence-electron chi connectivity index (χ4n) is 4.57. The van der Waals surface area contributed by atoms with E-state index in [1.54, 1.807) is 48.7 Å². The Bertz CT molecular complexity index is 2070. The monoisotopic (exact) mass is 719 g/mol. The Morgan fingerprint density at radius 3 is 2.58 bits per heavy atom. The second-order valence-electron chi connectivity index (χ2n) is 9.74. The van der Waals surface area contributed by atoms with E-state index in [1.165, 1.54) is 10.2 Å². The standard InChI is InChI=1S/C33H24Br2ClN3O4/c1-3-41-27-16-22(29(34)30(35)31(27)42-18-20-10-8-19(2)9-11-20)17-37-39-32(38-25-7-5-4-6-24(25)33(39)40)28-15-21-14-23(36)12-13-26(21)43-28/h4-17H,3,18H2,1-2H3. The number of aryl methyl sites for hydroxylation is 1. The van der Waals surface area contributed by atoms with Crippen LogP contribution in [-0.2, 0) is 6.61 Å². The van der Waals surface area contributed by atoms with Gasteiger partial charge in [0.15, 0.2) is 17.3 Å². The molecule has 10 heteroatoms. The first-order valence-electron chi connectivity index (χ1n) is 13.4. The van der Waals surface area contributed by atoms with E-state index >= 15 is 0 Å². The van der Waals surface area contributed by atoms with E-state index in [2.05, 4.69) is 37.0 Å². The second kappa shape index (κ2) is 12.4. The highest BCUT2D eigenvalue weighted by Gasteiger charge is 2.19. The molecule has 6 rings (SSSR count). The quantitative estimate of drug-likeness (QED) is 0.147. The van der Waals surface area contributed by atoms with Crippen molar-refractivity contribution in [3.05, 3.63) is 120 Å². The summed E-state index contributed by atoms with van der Waals surface area (Å²) in [4.78, 5) is 18.5. The zero-order chi connectivity index (χ0) is 30.1. The number of fused-ring (bicyclic) bond motifs is 2. The van der Waals surface area contributed by atoms with E-state index in [4.69, 9.17) is 30.5 Å². The van der Waals surface area contributed by atoms with Gasteiger partial charge in [0.25, 0.3) is 5.56 Å². The predicted octanol–water partition coefficient (Wildman–Crippen LogP) is 9.16. The molecule has 0 aliphatic carbocycles. The van der Waals surface area contributed by atoms with Gasteiger partial charge in [-0.3, -0.25) is 4.79 Å². The summed E-state index contributed by atoms with van der Waals surface area (Å²) in [6, 6.07) is 24.2. The molecule has 0 N–H and O–H groups in total. The minimum Gasteiger partial charge on any atom is -0.490 e. The van der Waals surface area contributed by atoms with Crippen LogP contribution in [0, 0.1) is 6.92 Å². The second-order valence-corrected chi connectivity index (χ2v) is 11.8. The Morgan fingerprint density at radius 1 is 1.00 bits per heavy atom. The molecule has 0 saturated heterocycles. The van der Waals surface area contributed by atoms with Crippen LogP contribution in [0.1, 0.15) is 23.6 Å². The summed E-state index contributed by atoms with van der Waals surface area (Å²) >= 11 is 13.5. The smallest absolute Gasteiger partial charge is 0.282 e. The van der Waals surface area contributed by atoms with Gasteiger partial charge in [-0.2, -0.15) is 9.78 Å². The third kappa shape index (κ3) is 5.98. The Hall–Kier alpha value is -3.92. The molecule has 4 aromatic carbocycles. The minimum atomic E-state index is -0.339. The lowest BCUT2D eigenvalue weighted by molar-refractivity contribution is 0.267. The minimum absolute atomic E-state index is 0.255. The third-order valence-corrected chi connectivity index (χ3v) is 9.10. The van der Waals surface area contributed by atoms with E-state index < -0.39 is 0 Å². The molecule has 7 nitrogen and oxygen atoms in total. The van der Waals surface area contributed by atoms with Crippen molar-refractivity contribution in [2.45, 2.75) is 20.5 Å². The number of halogens is 3. The maximum Gasteiger partial charge on any atom is 0.282 e. The van der Waals surface area contributed by atoms with Crippen LogP contribution in [0.3, 0.4) is 0 Å². The van der Waals surface area contributed by atoms with Gasteiger partial charge in [0.05, 0.1) is 28.2 Å². The topological polar surface area (TPSA) is 78.9 Å². The zero-order valence-corrected chi connectivity index (χ0v) is 27.0. The van der Waals surface area contributed by atoms with Crippen molar-refractivity contribution in [1.82, 2.24) is 9.66 Å². The molecule has 0 spiro atoms. The molecule has 2 aromatic heterocycles. The molecule has 6 aromatic rings. The molecule has 0 aliphatic heterocycles. The molecule has 216 valence electrons. The summed E-state index contributed by atoms with van der Waals surface area (Å²) in [7, 11) is 0. The lowest BCUT2D eigenvalue weighted by atomic mass is 10.1. The van der Waals surface area contributed by atoms with Crippen molar-refractivity contribution < 1.29 is 13.9 Å². The molecule has 0 atom stereocenters. The van der Waals surface area contributed by atoms with Crippen molar-refractivity contribution in [3.8, 4) is 23.1 Å². The van der Waals surface area contributed by atoms with E-state index in [-0.39, 0.29) is 11.4 Å². The van der Waals surface area contributed by atoms with Crippen LogP contribution in [-0.4, -0.2) is 22.5 Å². The predicted molar refractivity (Wildman–Crippen MR) is 178 cm³/mol. The number of hydrogen-bond donors (Lipinski definition) is 0. The Balaban J connectivity index is 1.43. The van der Waals surface area contributed by atoms with Gasteiger partial charge in [0.2, 0.25) is 5.82 Å². The van der Waals surface area contributed by atoms with Crippen LogP contribution in [0.5, 0.6) is 11.5 Å². The van der Waals surface area contributed by atoms with E-state index in [0.717, 1.165) is 10.9 Å². The van der Waals surface area contributed by atoms with Crippen molar-refractivity contribution in [2.24, 2.45) is 5.10 Å². The fraction of sp³-hybridized carbons (Fsp3) is 0.121. The summed E-state index contributed by atoms with van der Waals surface area (Å²) in [6.45, 7) is 4.74. The molecule has 0 bridgehead atoms. The summed E-state index contributed by atoms with van der Waals surface area (Å²) < 4.78 is 20.8. The molecule has 0 radical (unpaired) electrons. The SMILES string of the molecule is CCOc1cc(C=Nn2c(-c3cc4cc(Cl)ccc4o3)nc3ccccc3c2=O)c(Br)c(Br)c1OCc1ccc(C)cc1. The molecular weight excluding hydrogens is 698 g/mol. The normalized spacial score (nSPS) is 11.6. The number of para-hydroxylation sites is 1. The maximum atomic E-state index is 13.7. The van der Waals surface area contributed by atoms with Crippen LogP contribution in [0.25, 0.3) is 33.5 Å². The summed E-state index contributed by atoms with van der Waals surface area (Å²) in [6.07, 6.45) is 1.57. The highest BCUT2D eigenvalue weighted by molar-refractivity contribution is 9.13. The van der Waals surface area contributed by atoms with Crippen LogP contribution in [0.4, 0.5) is 0 Å². The highest BCUT2D eigenvalue weighted by atomic mass is 79.9. The molecule has 43 heavy (non-hydrogen) atoms. The molecule has 0 unspecified atom stereocenters. The Kier molecular flexibility index (Phi) is 8.38. The number of furan rings is 1. The lowest BCUT2D eigenvalue weighted by Crippen LogP contribution is -2.20. The molecule has 0 fully saturated rings. The summed E-state index contributed by atoms with van der Waals surface area (Å²) in [5.41, 5.74) is 3.68. The molecular formula is C33H24Br2ClN3O4. The average molecular weight is 722 g/mol. The van der Waals surface area contributed by atoms with Crippen molar-refractivity contribution >= 4 is 71.5 Å². The van der Waals surface area contributed by atoms with Crippen molar-refractivity contribution in [2.75, 3.05) is 6.61 Å². The van der Waals surface area contributed by atoms with Gasteiger partial charge in [-0.15, -0.1) is 0 Å². The molecule has 0 saturated carbocycles. The lowest BCUT2D eigenvalue weighted by Gasteiger charge is -2.16. The summed E-state index contributed by atoms with van der Waals surface area (Å²) in [5.74, 6) is 1.72. The first kappa shape index (κ1) is 29.2. The third-order valence-electron chi connectivity index (χ3n) is 6.72. The Labute approximate surface area is 269 Å². The van der Waals surface area contributed by atoms with Crippen LogP contribution < -0.4 is 15.0 Å². The largest absolute Gasteiger partial charge is 0.490 e. The average Bonchev–Trinajstić information content (AvgIpc) is 3.43. The van der Waals surface area contributed by atoms with Gasteiger partial charge in [-0.05, 0) is 93.7 Å². The van der Waals surface area contributed by atoms with E-state index in [0.29, 0.717) is 66.5 Å². The number of aromatic nitrogens is 2. The number of ether oxygens (including phenoxy) is 2. The fourth-order valence-corrected chi connectivity index (χ4v) is 5.69. The molecule has 2 heterocycles. The first-order valence-corrected chi connectivity index (χ1v) is 15.4. The number of hydrogen-bond acceptors (Lipinski definition) is 6. The van der Waals surface area contributed by atoms with Crippen LogP contribution >= 0.6 is 43.5 Å². The number of nitrogens with zero attached hydrogens (tertiary/aromatic N) is 3. The maximum absolute atomic E-state index is 13.7. The van der Waals surface area contributed by atoms with E-state index in [9.17, 15) is 4.79 Å². The van der Waals surface area contributed by atoms with Crippen molar-refractivity contribution in [3.63, 3.8) is 0 Å². The van der Waals surface area contributed by atoms with Gasteiger partial charge < -0.3 is 13.9 Å². The van der Waals surface area contributed by atoms with Crippen LogP contribution in [0.15, 0.2) is 102 Å².